The molecule has 3 nitrogen and oxygen atoms in total. The zero-order valence-corrected chi connectivity index (χ0v) is 13.8. The Bertz CT molecular complexity index is 525. The molecule has 1 heterocycles. The van der Waals surface area contributed by atoms with Gasteiger partial charge in [-0.05, 0) is 43.5 Å². The van der Waals surface area contributed by atoms with Crippen LogP contribution < -0.4 is 6.15 Å². The SMILES string of the molecule is N.OC(CCN1CCCCC1)(c1ccccc1)c1ccccc1. The van der Waals surface area contributed by atoms with Gasteiger partial charge < -0.3 is 16.2 Å². The van der Waals surface area contributed by atoms with Crippen LogP contribution >= 0.6 is 0 Å². The molecular formula is C20H28N2O. The van der Waals surface area contributed by atoms with E-state index in [9.17, 15) is 5.11 Å². The van der Waals surface area contributed by atoms with Gasteiger partial charge in [0.05, 0.1) is 0 Å². The molecule has 0 radical (unpaired) electrons. The van der Waals surface area contributed by atoms with Gasteiger partial charge in [-0.2, -0.15) is 0 Å². The first-order chi connectivity index (χ1) is 10.8. The van der Waals surface area contributed by atoms with E-state index in [0.717, 1.165) is 24.1 Å². The Morgan fingerprint density at radius 2 is 1.26 bits per heavy atom. The number of hydrogen-bond donors (Lipinski definition) is 2. The van der Waals surface area contributed by atoms with Crippen molar-refractivity contribution in [3.8, 4) is 0 Å². The molecule has 1 fully saturated rings. The first-order valence-electron chi connectivity index (χ1n) is 8.35. The molecule has 0 saturated carbocycles. The molecule has 4 N–H and O–H groups in total. The number of piperidine rings is 1. The van der Waals surface area contributed by atoms with E-state index in [4.69, 9.17) is 0 Å². The molecule has 0 bridgehead atoms. The summed E-state index contributed by atoms with van der Waals surface area (Å²) in [6.45, 7) is 3.28. The van der Waals surface area contributed by atoms with Crippen molar-refractivity contribution in [2.45, 2.75) is 31.3 Å². The zero-order valence-electron chi connectivity index (χ0n) is 13.8. The lowest BCUT2D eigenvalue weighted by molar-refractivity contribution is 0.0546. The highest BCUT2D eigenvalue weighted by Crippen LogP contribution is 2.33. The Balaban J connectivity index is 0.00000192. The minimum absolute atomic E-state index is 0. The number of rotatable bonds is 5. The lowest BCUT2D eigenvalue weighted by atomic mass is 9.83. The first-order valence-corrected chi connectivity index (χ1v) is 8.35. The largest absolute Gasteiger partial charge is 0.380 e. The first kappa shape index (κ1) is 17.7. The fourth-order valence-corrected chi connectivity index (χ4v) is 3.39. The van der Waals surface area contributed by atoms with Gasteiger partial charge in [-0.25, -0.2) is 0 Å². The average Bonchev–Trinajstić information content (AvgIpc) is 2.62. The monoisotopic (exact) mass is 312 g/mol. The third-order valence-corrected chi connectivity index (χ3v) is 4.74. The lowest BCUT2D eigenvalue weighted by Gasteiger charge is -2.33. The highest BCUT2D eigenvalue weighted by Gasteiger charge is 2.31. The summed E-state index contributed by atoms with van der Waals surface area (Å²) in [6, 6.07) is 20.1. The maximum Gasteiger partial charge on any atom is 0.116 e. The summed E-state index contributed by atoms with van der Waals surface area (Å²) >= 11 is 0. The Hall–Kier alpha value is -1.68. The molecule has 0 atom stereocenters. The predicted octanol–water partition coefficient (Wildman–Crippen LogP) is 3.96. The van der Waals surface area contributed by atoms with Crippen LogP contribution in [0.3, 0.4) is 0 Å². The minimum Gasteiger partial charge on any atom is -0.380 e. The highest BCUT2D eigenvalue weighted by molar-refractivity contribution is 5.35. The summed E-state index contributed by atoms with van der Waals surface area (Å²) < 4.78 is 0. The van der Waals surface area contributed by atoms with Crippen LogP contribution in [0.15, 0.2) is 60.7 Å². The summed E-state index contributed by atoms with van der Waals surface area (Å²) in [5.41, 5.74) is 1.07. The van der Waals surface area contributed by atoms with Crippen LogP contribution in [0.2, 0.25) is 0 Å². The van der Waals surface area contributed by atoms with Gasteiger partial charge in [0, 0.05) is 6.54 Å². The van der Waals surface area contributed by atoms with Crippen LogP contribution in [0.1, 0.15) is 36.8 Å². The molecule has 0 spiro atoms. The maximum absolute atomic E-state index is 11.5. The Kier molecular flexibility index (Phi) is 6.34. The molecule has 3 rings (SSSR count). The molecule has 2 aromatic rings. The van der Waals surface area contributed by atoms with Crippen LogP contribution in [0.5, 0.6) is 0 Å². The van der Waals surface area contributed by atoms with E-state index in [1.165, 1.54) is 32.4 Å². The summed E-state index contributed by atoms with van der Waals surface area (Å²) in [5, 5.41) is 11.5. The molecule has 0 unspecified atom stereocenters. The van der Waals surface area contributed by atoms with Crippen molar-refractivity contribution in [1.82, 2.24) is 11.1 Å². The number of likely N-dealkylation sites (tertiary alicyclic amines) is 1. The second-order valence-electron chi connectivity index (χ2n) is 6.24. The van der Waals surface area contributed by atoms with E-state index in [1.54, 1.807) is 0 Å². The van der Waals surface area contributed by atoms with Crippen molar-refractivity contribution in [2.75, 3.05) is 19.6 Å². The number of benzene rings is 2. The Morgan fingerprint density at radius 1 is 0.783 bits per heavy atom. The molecule has 1 saturated heterocycles. The smallest absolute Gasteiger partial charge is 0.116 e. The van der Waals surface area contributed by atoms with Crippen molar-refractivity contribution in [3.05, 3.63) is 71.8 Å². The van der Waals surface area contributed by atoms with E-state index in [2.05, 4.69) is 4.90 Å². The molecule has 1 aliphatic rings. The predicted molar refractivity (Wildman–Crippen MR) is 95.8 cm³/mol. The third-order valence-electron chi connectivity index (χ3n) is 4.74. The van der Waals surface area contributed by atoms with E-state index in [-0.39, 0.29) is 6.15 Å². The molecule has 124 valence electrons. The quantitative estimate of drug-likeness (QED) is 0.878. The van der Waals surface area contributed by atoms with Crippen molar-refractivity contribution >= 4 is 0 Å². The Morgan fingerprint density at radius 3 is 1.74 bits per heavy atom. The zero-order chi connectivity index (χ0) is 15.3. The van der Waals surface area contributed by atoms with Gasteiger partial charge in [-0.15, -0.1) is 0 Å². The van der Waals surface area contributed by atoms with Crippen LogP contribution in [0.25, 0.3) is 0 Å². The van der Waals surface area contributed by atoms with Crippen LogP contribution in [0, 0.1) is 0 Å². The van der Waals surface area contributed by atoms with Crippen molar-refractivity contribution in [3.63, 3.8) is 0 Å². The molecule has 2 aromatic carbocycles. The normalized spacial score (nSPS) is 15.9. The fraction of sp³-hybridized carbons (Fsp3) is 0.400. The summed E-state index contributed by atoms with van der Waals surface area (Å²) in [6.07, 6.45) is 4.66. The van der Waals surface area contributed by atoms with E-state index in [1.807, 2.05) is 60.7 Å². The number of hydrogen-bond acceptors (Lipinski definition) is 3. The van der Waals surface area contributed by atoms with E-state index in [0.29, 0.717) is 0 Å². The van der Waals surface area contributed by atoms with Crippen LogP contribution in [-0.2, 0) is 5.60 Å². The van der Waals surface area contributed by atoms with E-state index >= 15 is 0 Å². The molecule has 0 aromatic heterocycles. The molecular weight excluding hydrogens is 284 g/mol. The van der Waals surface area contributed by atoms with E-state index < -0.39 is 5.60 Å². The topological polar surface area (TPSA) is 58.5 Å². The lowest BCUT2D eigenvalue weighted by Crippen LogP contribution is -2.36. The summed E-state index contributed by atoms with van der Waals surface area (Å²) in [5.74, 6) is 0. The van der Waals surface area contributed by atoms with Crippen LogP contribution in [0.4, 0.5) is 0 Å². The van der Waals surface area contributed by atoms with Gasteiger partial charge in [0.25, 0.3) is 0 Å². The standard InChI is InChI=1S/C20H25NO.H3N/c22-20(18-10-4-1-5-11-18,19-12-6-2-7-13-19)14-17-21-15-8-3-9-16-21;/h1-2,4-7,10-13,22H,3,8-9,14-17H2;1H3. The van der Waals surface area contributed by atoms with Gasteiger partial charge >= 0.3 is 0 Å². The van der Waals surface area contributed by atoms with Crippen molar-refractivity contribution in [2.24, 2.45) is 0 Å². The number of nitrogens with zero attached hydrogens (tertiary/aromatic N) is 1. The molecule has 0 aliphatic carbocycles. The van der Waals surface area contributed by atoms with Crippen LogP contribution in [-0.4, -0.2) is 29.6 Å². The number of aliphatic hydroxyl groups is 1. The van der Waals surface area contributed by atoms with Gasteiger partial charge in [0.1, 0.15) is 5.60 Å². The molecule has 0 amide bonds. The average molecular weight is 312 g/mol. The van der Waals surface area contributed by atoms with Crippen molar-refractivity contribution < 1.29 is 5.11 Å². The van der Waals surface area contributed by atoms with Gasteiger partial charge in [-0.3, -0.25) is 0 Å². The minimum atomic E-state index is -0.903. The fourth-order valence-electron chi connectivity index (χ4n) is 3.39. The Labute approximate surface area is 139 Å². The maximum atomic E-state index is 11.5. The summed E-state index contributed by atoms with van der Waals surface area (Å²) in [4.78, 5) is 2.49. The van der Waals surface area contributed by atoms with Gasteiger partial charge in [0.15, 0.2) is 0 Å². The van der Waals surface area contributed by atoms with Gasteiger partial charge in [-0.1, -0.05) is 67.1 Å². The molecule has 1 aliphatic heterocycles. The molecule has 23 heavy (non-hydrogen) atoms. The second-order valence-corrected chi connectivity index (χ2v) is 6.24. The summed E-state index contributed by atoms with van der Waals surface area (Å²) in [7, 11) is 0. The third kappa shape index (κ3) is 4.20. The van der Waals surface area contributed by atoms with Crippen molar-refractivity contribution in [1.29, 1.82) is 0 Å². The highest BCUT2D eigenvalue weighted by atomic mass is 16.3. The van der Waals surface area contributed by atoms with Gasteiger partial charge in [0.2, 0.25) is 0 Å². The molecule has 3 heteroatoms. The second kappa shape index (κ2) is 8.25.